The van der Waals surface area contributed by atoms with Gasteiger partial charge in [0.1, 0.15) is 5.75 Å². The molecule has 2 aromatic rings. The minimum atomic E-state index is -0.981. The number of ether oxygens (including phenoxy) is 2. The molecule has 2 rings (SSSR count). The maximum Gasteiger partial charge on any atom is 0.353 e. The Morgan fingerprint density at radius 3 is 2.85 bits per heavy atom. The molecule has 26 heavy (non-hydrogen) atoms. The van der Waals surface area contributed by atoms with Crippen LogP contribution in [0, 0.1) is 11.8 Å². The Kier molecular flexibility index (Phi) is 7.24. The standard InChI is InChI=1S/C20H20N2O3S/c1-5-7-14-10-11-22-17(12-14)19(20(23)24-6-2)25-15-8-9-16(21-3)18(13-15)26-4/h8-13,19H,3,6H2,1-2,4H3. The minimum Gasteiger partial charge on any atom is -0.472 e. The van der Waals surface area contributed by atoms with Crippen LogP contribution < -0.4 is 4.74 Å². The highest BCUT2D eigenvalue weighted by Gasteiger charge is 2.26. The molecule has 0 aliphatic rings. The van der Waals surface area contributed by atoms with Gasteiger partial charge in [-0.2, -0.15) is 0 Å². The van der Waals surface area contributed by atoms with Crippen LogP contribution in [0.25, 0.3) is 0 Å². The van der Waals surface area contributed by atoms with Crippen LogP contribution in [0.15, 0.2) is 46.4 Å². The van der Waals surface area contributed by atoms with Gasteiger partial charge in [-0.25, -0.2) is 4.79 Å². The van der Waals surface area contributed by atoms with Gasteiger partial charge in [0.05, 0.1) is 18.0 Å². The number of carbonyl (C=O) groups excluding carboxylic acids is 1. The summed E-state index contributed by atoms with van der Waals surface area (Å²) in [5, 5.41) is 0. The lowest BCUT2D eigenvalue weighted by molar-refractivity contribution is -0.152. The highest BCUT2D eigenvalue weighted by Crippen LogP contribution is 2.33. The van der Waals surface area contributed by atoms with Crippen molar-refractivity contribution in [3.05, 3.63) is 47.8 Å². The van der Waals surface area contributed by atoms with Crippen molar-refractivity contribution in [2.45, 2.75) is 24.8 Å². The van der Waals surface area contributed by atoms with Crippen LogP contribution in [0.1, 0.15) is 31.2 Å². The summed E-state index contributed by atoms with van der Waals surface area (Å²) < 4.78 is 11.1. The Bertz CT molecular complexity index is 856. The topological polar surface area (TPSA) is 60.8 Å². The first-order chi connectivity index (χ1) is 12.6. The van der Waals surface area contributed by atoms with Crippen molar-refractivity contribution in [1.82, 2.24) is 4.98 Å². The predicted molar refractivity (Wildman–Crippen MR) is 104 cm³/mol. The second-order valence-electron chi connectivity index (χ2n) is 5.09. The maximum absolute atomic E-state index is 12.4. The van der Waals surface area contributed by atoms with E-state index in [1.807, 2.05) is 12.3 Å². The molecule has 6 heteroatoms. The van der Waals surface area contributed by atoms with Crippen LogP contribution in [0.2, 0.25) is 0 Å². The first kappa shape index (κ1) is 19.5. The highest BCUT2D eigenvalue weighted by atomic mass is 32.2. The third kappa shape index (κ3) is 4.87. The number of esters is 1. The lowest BCUT2D eigenvalue weighted by Crippen LogP contribution is -2.22. The van der Waals surface area contributed by atoms with Crippen LogP contribution in [0.3, 0.4) is 0 Å². The molecule has 0 radical (unpaired) electrons. The Balaban J connectivity index is 2.39. The van der Waals surface area contributed by atoms with E-state index >= 15 is 0 Å². The molecule has 1 aromatic carbocycles. The third-order valence-electron chi connectivity index (χ3n) is 3.40. The third-order valence-corrected chi connectivity index (χ3v) is 4.16. The lowest BCUT2D eigenvalue weighted by atomic mass is 10.1. The Morgan fingerprint density at radius 1 is 1.38 bits per heavy atom. The monoisotopic (exact) mass is 368 g/mol. The quantitative estimate of drug-likeness (QED) is 0.317. The summed E-state index contributed by atoms with van der Waals surface area (Å²) in [6.45, 7) is 7.31. The number of benzene rings is 1. The first-order valence-electron chi connectivity index (χ1n) is 7.99. The zero-order chi connectivity index (χ0) is 18.9. The van der Waals surface area contributed by atoms with Crippen molar-refractivity contribution in [2.75, 3.05) is 12.9 Å². The number of aliphatic imine (C=N–C) groups is 1. The van der Waals surface area contributed by atoms with Crippen molar-refractivity contribution in [3.63, 3.8) is 0 Å². The molecule has 5 nitrogen and oxygen atoms in total. The summed E-state index contributed by atoms with van der Waals surface area (Å²) in [5.74, 6) is 5.80. The second kappa shape index (κ2) is 9.64. The molecule has 0 bridgehead atoms. The number of nitrogens with zero attached hydrogens (tertiary/aromatic N) is 2. The van der Waals surface area contributed by atoms with Gasteiger partial charge in [0.25, 0.3) is 0 Å². The zero-order valence-corrected chi connectivity index (χ0v) is 15.8. The molecular formula is C20H20N2O3S. The predicted octanol–water partition coefficient (Wildman–Crippen LogP) is 4.19. The van der Waals surface area contributed by atoms with Gasteiger partial charge in [-0.3, -0.25) is 9.98 Å². The van der Waals surface area contributed by atoms with E-state index in [1.165, 1.54) is 11.8 Å². The summed E-state index contributed by atoms with van der Waals surface area (Å²) in [7, 11) is 0. The van der Waals surface area contributed by atoms with Gasteiger partial charge in [0, 0.05) is 16.7 Å². The van der Waals surface area contributed by atoms with Crippen molar-refractivity contribution in [2.24, 2.45) is 4.99 Å². The Morgan fingerprint density at radius 2 is 2.19 bits per heavy atom. The number of aromatic nitrogens is 1. The fourth-order valence-corrected chi connectivity index (χ4v) is 2.83. The summed E-state index contributed by atoms with van der Waals surface area (Å²) in [6.07, 6.45) is 2.55. The molecular weight excluding hydrogens is 348 g/mol. The molecule has 0 spiro atoms. The summed E-state index contributed by atoms with van der Waals surface area (Å²) >= 11 is 1.52. The molecule has 0 saturated carbocycles. The van der Waals surface area contributed by atoms with E-state index in [9.17, 15) is 4.79 Å². The Labute approximate surface area is 157 Å². The molecule has 1 atom stereocenters. The van der Waals surface area contributed by atoms with E-state index in [-0.39, 0.29) is 6.61 Å². The molecule has 0 N–H and O–H groups in total. The van der Waals surface area contributed by atoms with Crippen molar-refractivity contribution in [3.8, 4) is 17.6 Å². The number of carbonyl (C=O) groups is 1. The number of hydrogen-bond donors (Lipinski definition) is 0. The fraction of sp³-hybridized carbons (Fsp3) is 0.250. The van der Waals surface area contributed by atoms with Crippen LogP contribution in [0.4, 0.5) is 5.69 Å². The van der Waals surface area contributed by atoms with Crippen molar-refractivity contribution < 1.29 is 14.3 Å². The maximum atomic E-state index is 12.4. The first-order valence-corrected chi connectivity index (χ1v) is 9.22. The lowest BCUT2D eigenvalue weighted by Gasteiger charge is -2.18. The van der Waals surface area contributed by atoms with Gasteiger partial charge < -0.3 is 9.47 Å². The normalized spacial score (nSPS) is 11.0. The number of rotatable bonds is 7. The van der Waals surface area contributed by atoms with Crippen LogP contribution >= 0.6 is 11.8 Å². The van der Waals surface area contributed by atoms with Crippen LogP contribution in [-0.4, -0.2) is 30.5 Å². The molecule has 1 unspecified atom stereocenters. The summed E-state index contributed by atoms with van der Waals surface area (Å²) in [6, 6.07) is 8.86. The molecule has 0 saturated heterocycles. The van der Waals surface area contributed by atoms with Crippen LogP contribution in [-0.2, 0) is 9.53 Å². The van der Waals surface area contributed by atoms with Gasteiger partial charge >= 0.3 is 5.97 Å². The highest BCUT2D eigenvalue weighted by molar-refractivity contribution is 7.98. The Hall–Kier alpha value is -2.78. The molecule has 0 aliphatic carbocycles. The summed E-state index contributed by atoms with van der Waals surface area (Å²) in [5.41, 5.74) is 1.96. The van der Waals surface area contributed by atoms with E-state index in [0.717, 1.165) is 16.1 Å². The number of hydrogen-bond acceptors (Lipinski definition) is 6. The average Bonchev–Trinajstić information content (AvgIpc) is 2.66. The van der Waals surface area contributed by atoms with E-state index in [0.29, 0.717) is 11.4 Å². The molecule has 1 aromatic heterocycles. The van der Waals surface area contributed by atoms with Gasteiger partial charge in [0.15, 0.2) is 0 Å². The van der Waals surface area contributed by atoms with Crippen molar-refractivity contribution in [1.29, 1.82) is 0 Å². The summed E-state index contributed by atoms with van der Waals surface area (Å²) in [4.78, 5) is 21.6. The van der Waals surface area contributed by atoms with Gasteiger partial charge in [-0.1, -0.05) is 5.92 Å². The van der Waals surface area contributed by atoms with E-state index in [1.54, 1.807) is 44.3 Å². The molecule has 0 fully saturated rings. The second-order valence-corrected chi connectivity index (χ2v) is 5.93. The van der Waals surface area contributed by atoms with Gasteiger partial charge in [-0.15, -0.1) is 17.7 Å². The smallest absolute Gasteiger partial charge is 0.353 e. The number of thioether (sulfide) groups is 1. The van der Waals surface area contributed by atoms with Crippen molar-refractivity contribution >= 4 is 30.1 Å². The molecule has 1 heterocycles. The van der Waals surface area contributed by atoms with Gasteiger partial charge in [-0.05, 0) is 57.2 Å². The zero-order valence-electron chi connectivity index (χ0n) is 15.0. The molecule has 134 valence electrons. The van der Waals surface area contributed by atoms with E-state index in [4.69, 9.17) is 9.47 Å². The average molecular weight is 368 g/mol. The number of pyridine rings is 1. The molecule has 0 aliphatic heterocycles. The van der Waals surface area contributed by atoms with Crippen LogP contribution in [0.5, 0.6) is 5.75 Å². The van der Waals surface area contributed by atoms with E-state index in [2.05, 4.69) is 28.5 Å². The van der Waals surface area contributed by atoms with E-state index < -0.39 is 12.1 Å². The largest absolute Gasteiger partial charge is 0.472 e. The van der Waals surface area contributed by atoms with Gasteiger partial charge in [0.2, 0.25) is 6.10 Å². The SMILES string of the molecule is C=Nc1ccc(OC(C(=O)OCC)c2cc(C#CC)ccn2)cc1SC. The minimum absolute atomic E-state index is 0.253. The fourth-order valence-electron chi connectivity index (χ4n) is 2.26. The molecule has 0 amide bonds.